The van der Waals surface area contributed by atoms with Gasteiger partial charge in [-0.3, -0.25) is 0 Å². The van der Waals surface area contributed by atoms with Gasteiger partial charge in [-0.1, -0.05) is 34.5 Å². The molecule has 1 atom stereocenters. The van der Waals surface area contributed by atoms with Crippen molar-refractivity contribution in [3.63, 3.8) is 0 Å². The minimum atomic E-state index is -0.124. The molecule has 0 radical (unpaired) electrons. The lowest BCUT2D eigenvalue weighted by Crippen LogP contribution is -2.51. The van der Waals surface area contributed by atoms with Crippen molar-refractivity contribution in [2.75, 3.05) is 16.4 Å². The van der Waals surface area contributed by atoms with Crippen molar-refractivity contribution >= 4 is 44.8 Å². The molecule has 1 fully saturated rings. The number of halogens is 2. The Labute approximate surface area is 159 Å². The van der Waals surface area contributed by atoms with Crippen molar-refractivity contribution in [1.82, 2.24) is 25.4 Å². The highest BCUT2D eigenvalue weighted by molar-refractivity contribution is 9.09. The molecule has 1 unspecified atom stereocenters. The number of alkyl halides is 1. The Morgan fingerprint density at radius 1 is 1.52 bits per heavy atom. The highest BCUT2D eigenvalue weighted by atomic mass is 79.9. The molecule has 10 heteroatoms. The van der Waals surface area contributed by atoms with E-state index in [1.54, 1.807) is 6.92 Å². The van der Waals surface area contributed by atoms with Crippen LogP contribution in [0.15, 0.2) is 0 Å². The van der Waals surface area contributed by atoms with E-state index >= 15 is 0 Å². The van der Waals surface area contributed by atoms with Crippen LogP contribution in [0, 0.1) is 18.3 Å². The second-order valence-corrected chi connectivity index (χ2v) is 7.19. The molecule has 2 aromatic rings. The summed E-state index contributed by atoms with van der Waals surface area (Å²) in [7, 11) is 0. The molecule has 3 rings (SSSR count). The predicted octanol–water partition coefficient (Wildman–Crippen LogP) is 2.31. The molecule has 2 heterocycles. The third-order valence-electron chi connectivity index (χ3n) is 4.36. The molecule has 25 heavy (non-hydrogen) atoms. The summed E-state index contributed by atoms with van der Waals surface area (Å²) in [5.41, 5.74) is 14.1. The van der Waals surface area contributed by atoms with Crippen LogP contribution in [-0.4, -0.2) is 31.6 Å². The molecule has 2 aromatic heterocycles. The topological polar surface area (TPSA) is 116 Å². The van der Waals surface area contributed by atoms with Crippen LogP contribution in [0.5, 0.6) is 0 Å². The monoisotopic (exact) mass is 426 g/mol. The van der Waals surface area contributed by atoms with Crippen LogP contribution in [0.1, 0.15) is 37.4 Å². The van der Waals surface area contributed by atoms with Crippen LogP contribution in [0.4, 0.5) is 11.6 Å². The molecule has 1 aliphatic carbocycles. The molecule has 134 valence electrons. The van der Waals surface area contributed by atoms with Gasteiger partial charge in [-0.05, 0) is 26.2 Å². The first-order valence-electron chi connectivity index (χ1n) is 8.04. The third-order valence-corrected chi connectivity index (χ3v) is 5.87. The zero-order valence-electron chi connectivity index (χ0n) is 14.0. The van der Waals surface area contributed by atoms with Gasteiger partial charge in [0.05, 0.1) is 11.9 Å². The zero-order chi connectivity index (χ0) is 18.2. The second-order valence-electron chi connectivity index (χ2n) is 6.26. The van der Waals surface area contributed by atoms with Crippen molar-refractivity contribution in [2.24, 2.45) is 0 Å². The zero-order valence-corrected chi connectivity index (χ0v) is 16.4. The number of anilines is 2. The summed E-state index contributed by atoms with van der Waals surface area (Å²) in [5, 5.41) is 18.3. The fraction of sp³-hybridized carbons (Fsp3) is 0.533. The van der Waals surface area contributed by atoms with Gasteiger partial charge in [0.15, 0.2) is 11.5 Å². The number of fused-ring (bicyclic) bond motifs is 1. The molecule has 0 aromatic carbocycles. The van der Waals surface area contributed by atoms with Gasteiger partial charge >= 0.3 is 0 Å². The van der Waals surface area contributed by atoms with E-state index in [0.29, 0.717) is 22.2 Å². The Bertz CT molecular complexity index is 838. The average molecular weight is 428 g/mol. The van der Waals surface area contributed by atoms with Crippen molar-refractivity contribution in [3.8, 4) is 6.07 Å². The van der Waals surface area contributed by atoms with Crippen molar-refractivity contribution in [3.05, 3.63) is 16.3 Å². The summed E-state index contributed by atoms with van der Waals surface area (Å²) in [5.74, 6) is 0.603. The molecule has 0 amide bonds. The number of hydrazine groups is 1. The number of nitrogens with zero attached hydrogens (tertiary/aromatic N) is 4. The molecular formula is C15H20BrClN8. The first-order chi connectivity index (χ1) is 11.9. The summed E-state index contributed by atoms with van der Waals surface area (Å²) < 4.78 is 1.40. The fourth-order valence-corrected chi connectivity index (χ4v) is 3.31. The molecule has 1 saturated carbocycles. The largest absolute Gasteiger partial charge is 0.382 e. The van der Waals surface area contributed by atoms with E-state index in [4.69, 9.17) is 17.3 Å². The summed E-state index contributed by atoms with van der Waals surface area (Å²) >= 11 is 9.78. The van der Waals surface area contributed by atoms with Crippen LogP contribution in [0.2, 0.25) is 5.02 Å². The van der Waals surface area contributed by atoms with Gasteiger partial charge in [-0.15, -0.1) is 0 Å². The summed E-state index contributed by atoms with van der Waals surface area (Å²) in [6.45, 7) is 3.80. The number of hydrogen-bond acceptors (Lipinski definition) is 7. The molecular weight excluding hydrogens is 408 g/mol. The van der Waals surface area contributed by atoms with Crippen LogP contribution >= 0.6 is 27.5 Å². The number of aromatic nitrogens is 3. The number of rotatable bonds is 7. The highest BCUT2D eigenvalue weighted by Crippen LogP contribution is 2.36. The Kier molecular flexibility index (Phi) is 5.06. The Hall–Kier alpha value is -1.60. The number of aryl methyl sites for hydroxylation is 1. The van der Waals surface area contributed by atoms with Gasteiger partial charge in [0.25, 0.3) is 0 Å². The lowest BCUT2D eigenvalue weighted by atomic mass is 10.2. The average Bonchev–Trinajstić information content (AvgIpc) is 3.34. The van der Waals surface area contributed by atoms with Crippen molar-refractivity contribution in [1.29, 1.82) is 5.26 Å². The van der Waals surface area contributed by atoms with E-state index in [9.17, 15) is 5.26 Å². The van der Waals surface area contributed by atoms with Gasteiger partial charge in [-0.2, -0.15) is 14.9 Å². The smallest absolute Gasteiger partial charge is 0.178 e. The van der Waals surface area contributed by atoms with Gasteiger partial charge in [0.1, 0.15) is 22.5 Å². The molecule has 8 nitrogen and oxygen atoms in total. The molecule has 1 aliphatic rings. The van der Waals surface area contributed by atoms with Crippen LogP contribution in [0.25, 0.3) is 5.65 Å². The number of nitrogens with one attached hydrogen (secondary N) is 3. The highest BCUT2D eigenvalue weighted by Gasteiger charge is 2.41. The maximum atomic E-state index is 9.50. The minimum absolute atomic E-state index is 0.107. The number of hydrogen-bond donors (Lipinski definition) is 4. The minimum Gasteiger partial charge on any atom is -0.382 e. The van der Waals surface area contributed by atoms with Gasteiger partial charge < -0.3 is 11.1 Å². The molecule has 0 bridgehead atoms. The Morgan fingerprint density at radius 2 is 2.24 bits per heavy atom. The van der Waals surface area contributed by atoms with E-state index in [2.05, 4.69) is 48.3 Å². The van der Waals surface area contributed by atoms with E-state index in [0.717, 1.165) is 24.6 Å². The molecule has 0 spiro atoms. The standard InChI is InChI=1S/C15H20BrClN8/c1-3-10(22-24-15(7-16)4-5-15)20-13-9(6-18)12(19)25-14(21-13)11(17)8(2)23-25/h10,22,24H,3-5,7,19H2,1-2H3,(H,20,21). The van der Waals surface area contributed by atoms with Crippen LogP contribution in [-0.2, 0) is 0 Å². The maximum absolute atomic E-state index is 9.50. The summed E-state index contributed by atoms with van der Waals surface area (Å²) in [4.78, 5) is 4.47. The van der Waals surface area contributed by atoms with E-state index in [1.807, 2.05) is 6.92 Å². The van der Waals surface area contributed by atoms with Crippen molar-refractivity contribution < 1.29 is 0 Å². The first kappa shape index (κ1) is 18.2. The summed E-state index contributed by atoms with van der Waals surface area (Å²) in [6.07, 6.45) is 2.88. The fourth-order valence-electron chi connectivity index (χ4n) is 2.45. The molecule has 5 N–H and O–H groups in total. The first-order valence-corrected chi connectivity index (χ1v) is 9.54. The molecule has 0 aliphatic heterocycles. The van der Waals surface area contributed by atoms with E-state index in [1.165, 1.54) is 4.52 Å². The quantitative estimate of drug-likeness (QED) is 0.304. The van der Waals surface area contributed by atoms with Gasteiger partial charge in [0, 0.05) is 10.9 Å². The lowest BCUT2D eigenvalue weighted by molar-refractivity contribution is 0.389. The third kappa shape index (κ3) is 3.40. The SMILES string of the molecule is CCC(NNC1(CBr)CC1)Nc1nc2c(Cl)c(C)nn2c(N)c1C#N. The van der Waals surface area contributed by atoms with Gasteiger partial charge in [-0.25, -0.2) is 15.8 Å². The van der Waals surface area contributed by atoms with Crippen molar-refractivity contribution in [2.45, 2.75) is 44.8 Å². The number of nitriles is 1. The Balaban J connectivity index is 1.88. The second kappa shape index (κ2) is 6.96. The van der Waals surface area contributed by atoms with Crippen LogP contribution < -0.4 is 21.9 Å². The normalized spacial score (nSPS) is 16.6. The number of nitrogen functional groups attached to an aromatic ring is 1. The lowest BCUT2D eigenvalue weighted by Gasteiger charge is -2.24. The predicted molar refractivity (Wildman–Crippen MR) is 102 cm³/mol. The Morgan fingerprint density at radius 3 is 2.80 bits per heavy atom. The van der Waals surface area contributed by atoms with Crippen LogP contribution in [0.3, 0.4) is 0 Å². The molecule has 0 saturated heterocycles. The number of nitrogens with two attached hydrogens (primary N) is 1. The maximum Gasteiger partial charge on any atom is 0.178 e. The van der Waals surface area contributed by atoms with Gasteiger partial charge in [0.2, 0.25) is 0 Å². The summed E-state index contributed by atoms with van der Waals surface area (Å²) in [6, 6.07) is 2.10. The van der Waals surface area contributed by atoms with E-state index < -0.39 is 0 Å². The van der Waals surface area contributed by atoms with E-state index in [-0.39, 0.29) is 23.1 Å².